The minimum absolute atomic E-state index is 0.669. The fourth-order valence-electron chi connectivity index (χ4n) is 0.905. The van der Waals surface area contributed by atoms with E-state index in [1.165, 1.54) is 5.75 Å². The second kappa shape index (κ2) is 5.90. The van der Waals surface area contributed by atoms with Crippen molar-refractivity contribution in [3.8, 4) is 0 Å². The number of rotatable bonds is 5. The minimum atomic E-state index is 0.669. The van der Waals surface area contributed by atoms with Crippen LogP contribution in [0.2, 0.25) is 0 Å². The Labute approximate surface area is 75.3 Å². The number of hydrogen-bond donors (Lipinski definition) is 1. The highest BCUT2D eigenvalue weighted by atomic mass is 32.2. The Balaban J connectivity index is 3.52. The molecule has 68 valence electrons. The van der Waals surface area contributed by atoms with Crippen molar-refractivity contribution in [2.24, 2.45) is 5.92 Å². The summed E-state index contributed by atoms with van der Waals surface area (Å²) in [5, 5.41) is 4.09. The molecule has 0 radical (unpaired) electrons. The van der Waals surface area contributed by atoms with Crippen LogP contribution in [0.25, 0.3) is 0 Å². The smallest absolute Gasteiger partial charge is 0.0178 e. The van der Waals surface area contributed by atoms with Crippen LogP contribution in [0.1, 0.15) is 27.7 Å². The molecule has 0 fully saturated rings. The van der Waals surface area contributed by atoms with E-state index in [1.54, 1.807) is 0 Å². The van der Waals surface area contributed by atoms with E-state index >= 15 is 0 Å². The predicted molar refractivity (Wildman–Crippen MR) is 55.3 cm³/mol. The van der Waals surface area contributed by atoms with Crippen LogP contribution in [0.15, 0.2) is 0 Å². The van der Waals surface area contributed by atoms with E-state index in [0.717, 1.165) is 11.2 Å². The average molecular weight is 175 g/mol. The molecular formula is C9H21NS. The summed E-state index contributed by atoms with van der Waals surface area (Å²) in [7, 11) is 2.05. The first kappa shape index (κ1) is 11.3. The summed E-state index contributed by atoms with van der Waals surface area (Å²) in [6, 6.07) is 0.669. The summed E-state index contributed by atoms with van der Waals surface area (Å²) in [4.78, 5) is 0. The van der Waals surface area contributed by atoms with Crippen molar-refractivity contribution in [3.63, 3.8) is 0 Å². The van der Waals surface area contributed by atoms with Gasteiger partial charge in [0.15, 0.2) is 0 Å². The maximum absolute atomic E-state index is 3.34. The summed E-state index contributed by atoms with van der Waals surface area (Å²) in [5.41, 5.74) is 0. The summed E-state index contributed by atoms with van der Waals surface area (Å²) in [5.74, 6) is 1.97. The Hall–Kier alpha value is 0.310. The summed E-state index contributed by atoms with van der Waals surface area (Å²) in [6.45, 7) is 9.03. The lowest BCUT2D eigenvalue weighted by Crippen LogP contribution is -2.33. The normalized spacial score (nSPS) is 14.5. The first-order valence-electron chi connectivity index (χ1n) is 4.36. The molecule has 0 rings (SSSR count). The molecule has 0 amide bonds. The third-order valence-electron chi connectivity index (χ3n) is 1.78. The highest BCUT2D eigenvalue weighted by Crippen LogP contribution is 2.14. The Bertz CT molecular complexity index is 91.6. The molecule has 0 bridgehead atoms. The molecule has 1 unspecified atom stereocenters. The van der Waals surface area contributed by atoms with Gasteiger partial charge in [-0.2, -0.15) is 11.8 Å². The van der Waals surface area contributed by atoms with Crippen molar-refractivity contribution in [1.82, 2.24) is 5.32 Å². The van der Waals surface area contributed by atoms with Gasteiger partial charge in [0.05, 0.1) is 0 Å². The van der Waals surface area contributed by atoms with Gasteiger partial charge >= 0.3 is 0 Å². The van der Waals surface area contributed by atoms with Gasteiger partial charge in [0, 0.05) is 11.8 Å². The molecule has 0 aliphatic carbocycles. The zero-order chi connectivity index (χ0) is 8.85. The van der Waals surface area contributed by atoms with Crippen LogP contribution in [-0.2, 0) is 0 Å². The standard InChI is InChI=1S/C9H21NS/c1-7(2)9(10-5)6-11-8(3)4/h7-10H,6H2,1-5H3. The van der Waals surface area contributed by atoms with Gasteiger partial charge in [-0.3, -0.25) is 0 Å². The van der Waals surface area contributed by atoms with Crippen molar-refractivity contribution in [2.75, 3.05) is 12.8 Å². The molecule has 11 heavy (non-hydrogen) atoms. The van der Waals surface area contributed by atoms with Crippen LogP contribution in [0.5, 0.6) is 0 Å². The van der Waals surface area contributed by atoms with Gasteiger partial charge in [0.1, 0.15) is 0 Å². The summed E-state index contributed by atoms with van der Waals surface area (Å²) < 4.78 is 0. The van der Waals surface area contributed by atoms with Crippen LogP contribution in [-0.4, -0.2) is 24.1 Å². The zero-order valence-electron chi connectivity index (χ0n) is 8.35. The lowest BCUT2D eigenvalue weighted by atomic mass is 10.1. The van der Waals surface area contributed by atoms with Crippen molar-refractivity contribution in [3.05, 3.63) is 0 Å². The first-order valence-corrected chi connectivity index (χ1v) is 5.41. The molecule has 1 N–H and O–H groups in total. The van der Waals surface area contributed by atoms with Gasteiger partial charge < -0.3 is 5.32 Å². The Morgan fingerprint density at radius 1 is 1.18 bits per heavy atom. The van der Waals surface area contributed by atoms with E-state index in [0.29, 0.717) is 6.04 Å². The summed E-state index contributed by atoms with van der Waals surface area (Å²) >= 11 is 2.03. The number of nitrogens with one attached hydrogen (secondary N) is 1. The molecule has 0 aromatic rings. The van der Waals surface area contributed by atoms with Crippen LogP contribution in [0, 0.1) is 5.92 Å². The topological polar surface area (TPSA) is 12.0 Å². The van der Waals surface area contributed by atoms with E-state index in [2.05, 4.69) is 33.0 Å². The average Bonchev–Trinajstić information content (AvgIpc) is 1.87. The molecule has 0 aliphatic rings. The third-order valence-corrected chi connectivity index (χ3v) is 3.00. The van der Waals surface area contributed by atoms with E-state index in [1.807, 2.05) is 18.8 Å². The van der Waals surface area contributed by atoms with Crippen molar-refractivity contribution in [1.29, 1.82) is 0 Å². The highest BCUT2D eigenvalue weighted by Gasteiger charge is 2.10. The van der Waals surface area contributed by atoms with Crippen LogP contribution in [0.4, 0.5) is 0 Å². The maximum Gasteiger partial charge on any atom is 0.0178 e. The van der Waals surface area contributed by atoms with Gasteiger partial charge in [0.2, 0.25) is 0 Å². The summed E-state index contributed by atoms with van der Waals surface area (Å²) in [6.07, 6.45) is 0. The predicted octanol–water partition coefficient (Wildman–Crippen LogP) is 2.37. The molecule has 0 spiro atoms. The largest absolute Gasteiger partial charge is 0.316 e. The second-order valence-electron chi connectivity index (χ2n) is 3.52. The van der Waals surface area contributed by atoms with Crippen molar-refractivity contribution in [2.45, 2.75) is 39.0 Å². The van der Waals surface area contributed by atoms with Crippen molar-refractivity contribution < 1.29 is 0 Å². The second-order valence-corrected chi connectivity index (χ2v) is 5.13. The molecule has 0 saturated carbocycles. The van der Waals surface area contributed by atoms with Gasteiger partial charge in [-0.05, 0) is 18.2 Å². The third kappa shape index (κ3) is 5.57. The van der Waals surface area contributed by atoms with E-state index < -0.39 is 0 Å². The SMILES string of the molecule is CNC(CSC(C)C)C(C)C. The van der Waals surface area contributed by atoms with E-state index in [4.69, 9.17) is 0 Å². The highest BCUT2D eigenvalue weighted by molar-refractivity contribution is 7.99. The Morgan fingerprint density at radius 3 is 2.00 bits per heavy atom. The van der Waals surface area contributed by atoms with E-state index in [9.17, 15) is 0 Å². The minimum Gasteiger partial charge on any atom is -0.316 e. The number of hydrogen-bond acceptors (Lipinski definition) is 2. The lowest BCUT2D eigenvalue weighted by Gasteiger charge is -2.20. The number of thioether (sulfide) groups is 1. The lowest BCUT2D eigenvalue weighted by molar-refractivity contribution is 0.465. The monoisotopic (exact) mass is 175 g/mol. The Morgan fingerprint density at radius 2 is 1.73 bits per heavy atom. The quantitative estimate of drug-likeness (QED) is 0.688. The van der Waals surface area contributed by atoms with Gasteiger partial charge in [-0.25, -0.2) is 0 Å². The van der Waals surface area contributed by atoms with Crippen LogP contribution in [0.3, 0.4) is 0 Å². The van der Waals surface area contributed by atoms with E-state index in [-0.39, 0.29) is 0 Å². The molecule has 1 atom stereocenters. The van der Waals surface area contributed by atoms with Crippen LogP contribution < -0.4 is 5.32 Å². The van der Waals surface area contributed by atoms with Gasteiger partial charge in [-0.1, -0.05) is 27.7 Å². The molecular weight excluding hydrogens is 154 g/mol. The zero-order valence-corrected chi connectivity index (χ0v) is 9.16. The first-order chi connectivity index (χ1) is 5.07. The fraction of sp³-hybridized carbons (Fsp3) is 1.00. The molecule has 0 aliphatic heterocycles. The molecule has 2 heteroatoms. The maximum atomic E-state index is 3.34. The molecule has 0 heterocycles. The van der Waals surface area contributed by atoms with Crippen LogP contribution >= 0.6 is 11.8 Å². The molecule has 0 aromatic carbocycles. The van der Waals surface area contributed by atoms with Gasteiger partial charge in [-0.15, -0.1) is 0 Å². The fourth-order valence-corrected chi connectivity index (χ4v) is 2.05. The Kier molecular flexibility index (Phi) is 6.06. The van der Waals surface area contributed by atoms with Gasteiger partial charge in [0.25, 0.3) is 0 Å². The molecule has 0 saturated heterocycles. The molecule has 0 aromatic heterocycles. The molecule has 1 nitrogen and oxygen atoms in total. The van der Waals surface area contributed by atoms with Crippen molar-refractivity contribution >= 4 is 11.8 Å².